The van der Waals surface area contributed by atoms with Crippen LogP contribution in [0.1, 0.15) is 39.5 Å². The molecule has 20 heavy (non-hydrogen) atoms. The van der Waals surface area contributed by atoms with Crippen molar-refractivity contribution in [3.05, 3.63) is 11.3 Å². The Balaban J connectivity index is 2.13. The van der Waals surface area contributed by atoms with Crippen LogP contribution in [0, 0.1) is 0 Å². The van der Waals surface area contributed by atoms with Crippen LogP contribution in [-0.4, -0.2) is 54.5 Å². The molecule has 0 aromatic rings. The van der Waals surface area contributed by atoms with Crippen LogP contribution in [0.15, 0.2) is 11.3 Å². The highest BCUT2D eigenvalue weighted by Gasteiger charge is 2.33. The molecule has 2 heterocycles. The summed E-state index contributed by atoms with van der Waals surface area (Å²) >= 11 is 0. The molecule has 1 saturated heterocycles. The molecule has 0 N–H and O–H groups in total. The molecule has 2 rings (SSSR count). The molecule has 2 aliphatic rings. The highest BCUT2D eigenvalue weighted by Crippen LogP contribution is 2.26. The smallest absolute Gasteiger partial charge is 0.410 e. The van der Waals surface area contributed by atoms with Crippen molar-refractivity contribution >= 4 is 11.9 Å². The fourth-order valence-corrected chi connectivity index (χ4v) is 2.86. The van der Waals surface area contributed by atoms with Gasteiger partial charge >= 0.3 is 6.09 Å². The minimum atomic E-state index is -0.316. The van der Waals surface area contributed by atoms with E-state index in [1.807, 2.05) is 6.92 Å². The summed E-state index contributed by atoms with van der Waals surface area (Å²) in [6, 6.07) is 0. The molecule has 5 heteroatoms. The maximum Gasteiger partial charge on any atom is 0.410 e. The lowest BCUT2D eigenvalue weighted by Crippen LogP contribution is -2.32. The van der Waals surface area contributed by atoms with Gasteiger partial charge in [-0.05, 0) is 26.2 Å². The minimum absolute atomic E-state index is 0.182. The second kappa shape index (κ2) is 6.77. The van der Waals surface area contributed by atoms with E-state index in [-0.39, 0.29) is 11.9 Å². The average molecular weight is 280 g/mol. The summed E-state index contributed by atoms with van der Waals surface area (Å²) in [5, 5.41) is 0. The predicted molar refractivity (Wildman–Crippen MR) is 76.3 cm³/mol. The number of Topliss-reactive ketones (excluding diaryl/α,β-unsaturated/α-hetero) is 1. The molecule has 0 aromatic heterocycles. The number of rotatable bonds is 5. The van der Waals surface area contributed by atoms with Gasteiger partial charge in [0, 0.05) is 30.8 Å². The fraction of sp³-hybridized carbons (Fsp3) is 0.733. The van der Waals surface area contributed by atoms with E-state index in [1.165, 1.54) is 0 Å². The Morgan fingerprint density at radius 1 is 1.15 bits per heavy atom. The van der Waals surface area contributed by atoms with Crippen molar-refractivity contribution in [2.24, 2.45) is 0 Å². The number of nitrogens with zero attached hydrogens (tertiary/aromatic N) is 2. The Hall–Kier alpha value is -1.52. The Labute approximate surface area is 120 Å². The molecular weight excluding hydrogens is 256 g/mol. The van der Waals surface area contributed by atoms with E-state index in [0.29, 0.717) is 26.1 Å². The van der Waals surface area contributed by atoms with Crippen molar-refractivity contribution in [2.45, 2.75) is 39.5 Å². The monoisotopic (exact) mass is 280 g/mol. The molecule has 1 fully saturated rings. The number of carbonyl (C=O) groups is 2. The van der Waals surface area contributed by atoms with Gasteiger partial charge in [-0.25, -0.2) is 4.79 Å². The van der Waals surface area contributed by atoms with E-state index in [1.54, 1.807) is 11.8 Å². The quantitative estimate of drug-likeness (QED) is 0.774. The van der Waals surface area contributed by atoms with E-state index < -0.39 is 0 Å². The SMILES string of the molecule is CCCC(=O)C1=C(N2CCCC2)CN(C(=O)OCC)C1. The van der Waals surface area contributed by atoms with Crippen molar-refractivity contribution < 1.29 is 14.3 Å². The van der Waals surface area contributed by atoms with Crippen molar-refractivity contribution in [2.75, 3.05) is 32.8 Å². The van der Waals surface area contributed by atoms with Crippen LogP contribution in [0.25, 0.3) is 0 Å². The lowest BCUT2D eigenvalue weighted by Gasteiger charge is -2.21. The lowest BCUT2D eigenvalue weighted by molar-refractivity contribution is -0.115. The molecule has 0 spiro atoms. The van der Waals surface area contributed by atoms with E-state index in [9.17, 15) is 9.59 Å². The standard InChI is InChI=1S/C15H24N2O3/c1-3-7-14(18)12-10-17(15(19)20-4-2)11-13(12)16-8-5-6-9-16/h3-11H2,1-2H3. The zero-order chi connectivity index (χ0) is 14.5. The molecule has 0 aliphatic carbocycles. The summed E-state index contributed by atoms with van der Waals surface area (Å²) in [4.78, 5) is 28.1. The Kier molecular flexibility index (Phi) is 5.04. The number of ether oxygens (including phenoxy) is 1. The van der Waals surface area contributed by atoms with Gasteiger partial charge in [-0.1, -0.05) is 6.92 Å². The summed E-state index contributed by atoms with van der Waals surface area (Å²) < 4.78 is 5.06. The zero-order valence-electron chi connectivity index (χ0n) is 12.5. The van der Waals surface area contributed by atoms with Crippen molar-refractivity contribution in [1.82, 2.24) is 9.80 Å². The summed E-state index contributed by atoms with van der Waals surface area (Å²) in [5.74, 6) is 0.182. The maximum atomic E-state index is 12.3. The first-order valence-electron chi connectivity index (χ1n) is 7.59. The van der Waals surface area contributed by atoms with Crippen LogP contribution in [-0.2, 0) is 9.53 Å². The minimum Gasteiger partial charge on any atom is -0.450 e. The molecule has 0 unspecified atom stereocenters. The van der Waals surface area contributed by atoms with Crippen molar-refractivity contribution in [1.29, 1.82) is 0 Å². The number of ketones is 1. The van der Waals surface area contributed by atoms with Gasteiger partial charge in [-0.15, -0.1) is 0 Å². The molecule has 2 aliphatic heterocycles. The predicted octanol–water partition coefficient (Wildman–Crippen LogP) is 2.18. The highest BCUT2D eigenvalue weighted by molar-refractivity contribution is 5.97. The molecular formula is C15H24N2O3. The van der Waals surface area contributed by atoms with E-state index in [4.69, 9.17) is 4.74 Å². The summed E-state index contributed by atoms with van der Waals surface area (Å²) in [5.41, 5.74) is 1.87. The number of hydrogen-bond acceptors (Lipinski definition) is 4. The Bertz CT molecular complexity index is 411. The van der Waals surface area contributed by atoms with Gasteiger partial charge in [-0.3, -0.25) is 9.69 Å². The molecule has 0 radical (unpaired) electrons. The van der Waals surface area contributed by atoms with Gasteiger partial charge in [-0.2, -0.15) is 0 Å². The average Bonchev–Trinajstić information content (AvgIpc) is 3.08. The summed E-state index contributed by atoms with van der Waals surface area (Å²) in [6.45, 7) is 7.08. The largest absolute Gasteiger partial charge is 0.450 e. The van der Waals surface area contributed by atoms with Crippen LogP contribution < -0.4 is 0 Å². The Morgan fingerprint density at radius 2 is 1.85 bits per heavy atom. The van der Waals surface area contributed by atoms with E-state index in [2.05, 4.69) is 4.90 Å². The molecule has 0 saturated carbocycles. The lowest BCUT2D eigenvalue weighted by atomic mass is 10.1. The van der Waals surface area contributed by atoms with Crippen LogP contribution in [0.3, 0.4) is 0 Å². The van der Waals surface area contributed by atoms with Gasteiger partial charge in [0.2, 0.25) is 0 Å². The second-order valence-electron chi connectivity index (χ2n) is 5.35. The van der Waals surface area contributed by atoms with Gasteiger partial charge in [0.05, 0.1) is 19.7 Å². The normalized spacial score (nSPS) is 18.9. The number of carbonyl (C=O) groups excluding carboxylic acids is 2. The Morgan fingerprint density at radius 3 is 2.45 bits per heavy atom. The van der Waals surface area contributed by atoms with Gasteiger partial charge < -0.3 is 9.64 Å². The number of hydrogen-bond donors (Lipinski definition) is 0. The molecule has 0 aromatic carbocycles. The third-order valence-corrected chi connectivity index (χ3v) is 3.87. The third kappa shape index (κ3) is 3.14. The van der Waals surface area contributed by atoms with Crippen LogP contribution in [0.4, 0.5) is 4.79 Å². The molecule has 1 amide bonds. The maximum absolute atomic E-state index is 12.3. The number of amides is 1. The van der Waals surface area contributed by atoms with Crippen LogP contribution >= 0.6 is 0 Å². The topological polar surface area (TPSA) is 49.9 Å². The van der Waals surface area contributed by atoms with E-state index >= 15 is 0 Å². The zero-order valence-corrected chi connectivity index (χ0v) is 12.5. The van der Waals surface area contributed by atoms with Crippen molar-refractivity contribution in [3.8, 4) is 0 Å². The fourth-order valence-electron chi connectivity index (χ4n) is 2.86. The molecule has 0 bridgehead atoms. The first-order valence-corrected chi connectivity index (χ1v) is 7.59. The third-order valence-electron chi connectivity index (χ3n) is 3.87. The first kappa shape index (κ1) is 14.9. The van der Waals surface area contributed by atoms with Gasteiger partial charge in [0.25, 0.3) is 0 Å². The summed E-state index contributed by atoms with van der Waals surface area (Å²) in [7, 11) is 0. The van der Waals surface area contributed by atoms with Crippen LogP contribution in [0.2, 0.25) is 0 Å². The molecule has 5 nitrogen and oxygen atoms in total. The molecule has 0 atom stereocenters. The van der Waals surface area contributed by atoms with Gasteiger partial charge in [0.15, 0.2) is 5.78 Å². The van der Waals surface area contributed by atoms with Crippen molar-refractivity contribution in [3.63, 3.8) is 0 Å². The molecule has 112 valence electrons. The summed E-state index contributed by atoms with van der Waals surface area (Å²) in [6.07, 6.45) is 3.41. The number of likely N-dealkylation sites (tertiary alicyclic amines) is 1. The second-order valence-corrected chi connectivity index (χ2v) is 5.35. The highest BCUT2D eigenvalue weighted by atomic mass is 16.6. The first-order chi connectivity index (χ1) is 9.67. The van der Waals surface area contributed by atoms with Crippen LogP contribution in [0.5, 0.6) is 0 Å². The van der Waals surface area contributed by atoms with Gasteiger partial charge in [0.1, 0.15) is 0 Å². The van der Waals surface area contributed by atoms with E-state index in [0.717, 1.165) is 43.6 Å².